The molecule has 4 aromatic carbocycles. The summed E-state index contributed by atoms with van der Waals surface area (Å²) in [6.45, 7) is 1.88. The first-order valence-corrected chi connectivity index (χ1v) is 12.1. The molecule has 0 aromatic heterocycles. The van der Waals surface area contributed by atoms with Gasteiger partial charge in [0.1, 0.15) is 5.75 Å². The predicted molar refractivity (Wildman–Crippen MR) is 150 cm³/mol. The number of non-ortho nitro benzene ring substituents is 1. The molecule has 200 valence electrons. The Morgan fingerprint density at radius 3 is 2.25 bits per heavy atom. The smallest absolute Gasteiger partial charge is 0.343 e. The highest BCUT2D eigenvalue weighted by molar-refractivity contribution is 5.97. The number of carbonyl (C=O) groups is 3. The molecule has 0 aliphatic carbocycles. The second-order valence-corrected chi connectivity index (χ2v) is 8.72. The minimum absolute atomic E-state index is 0.0322. The van der Waals surface area contributed by atoms with Gasteiger partial charge in [-0.3, -0.25) is 19.7 Å². The van der Waals surface area contributed by atoms with Gasteiger partial charge in [-0.1, -0.05) is 48.0 Å². The van der Waals surface area contributed by atoms with E-state index in [9.17, 15) is 24.5 Å². The molecule has 0 unspecified atom stereocenters. The number of hydrogen-bond donors (Lipinski definition) is 2. The van der Waals surface area contributed by atoms with Crippen LogP contribution in [0.1, 0.15) is 37.4 Å². The number of rotatable bonds is 9. The summed E-state index contributed by atoms with van der Waals surface area (Å²) < 4.78 is 5.43. The maximum absolute atomic E-state index is 12.6. The van der Waals surface area contributed by atoms with Crippen molar-refractivity contribution in [1.82, 2.24) is 5.43 Å². The van der Waals surface area contributed by atoms with Gasteiger partial charge in [-0.25, -0.2) is 10.2 Å². The monoisotopic (exact) mass is 536 g/mol. The quantitative estimate of drug-likeness (QED) is 0.101. The second kappa shape index (κ2) is 12.7. The van der Waals surface area contributed by atoms with Gasteiger partial charge in [0.25, 0.3) is 11.6 Å². The number of benzene rings is 4. The van der Waals surface area contributed by atoms with Crippen molar-refractivity contribution < 1.29 is 24.0 Å². The molecule has 0 saturated carbocycles. The third-order valence-electron chi connectivity index (χ3n) is 5.70. The SMILES string of the molecule is Cc1ccc(C(=O)Oc2ccc([N+](=O)[O-])cc2/C=N/NC(=O)c2ccc(NC(=O)Cc3ccccc3)cc2)cc1. The van der Waals surface area contributed by atoms with Gasteiger partial charge in [0.05, 0.1) is 23.1 Å². The van der Waals surface area contributed by atoms with Gasteiger partial charge >= 0.3 is 5.97 Å². The van der Waals surface area contributed by atoms with Gasteiger partial charge in [-0.15, -0.1) is 0 Å². The Morgan fingerprint density at radius 2 is 1.57 bits per heavy atom. The molecule has 2 N–H and O–H groups in total. The zero-order chi connectivity index (χ0) is 28.5. The Morgan fingerprint density at radius 1 is 0.900 bits per heavy atom. The highest BCUT2D eigenvalue weighted by atomic mass is 16.6. The molecular weight excluding hydrogens is 512 g/mol. The number of nitro benzene ring substituents is 1. The van der Waals surface area contributed by atoms with E-state index < -0.39 is 16.8 Å². The first-order chi connectivity index (χ1) is 19.3. The van der Waals surface area contributed by atoms with Crippen LogP contribution in [0.3, 0.4) is 0 Å². The van der Waals surface area contributed by atoms with Crippen molar-refractivity contribution in [3.63, 3.8) is 0 Å². The molecule has 4 rings (SSSR count). The fraction of sp³-hybridized carbons (Fsp3) is 0.0667. The van der Waals surface area contributed by atoms with E-state index in [1.807, 2.05) is 37.3 Å². The molecule has 0 heterocycles. The predicted octanol–water partition coefficient (Wildman–Crippen LogP) is 5.07. The standard InChI is InChI=1S/C30H24N4O6/c1-20-7-9-23(10-8-20)30(37)40-27-16-15-26(34(38)39)18-24(27)19-31-33-29(36)22-11-13-25(14-12-22)32-28(35)17-21-5-3-2-4-6-21/h2-16,18-19H,17H2,1H3,(H,32,35)(H,33,36)/b31-19+. The summed E-state index contributed by atoms with van der Waals surface area (Å²) in [6, 6.07) is 25.9. The van der Waals surface area contributed by atoms with E-state index in [4.69, 9.17) is 4.74 Å². The van der Waals surface area contributed by atoms with E-state index in [2.05, 4.69) is 15.8 Å². The third kappa shape index (κ3) is 7.45. The lowest BCUT2D eigenvalue weighted by Gasteiger charge is -2.08. The molecule has 10 heteroatoms. The number of hydrogen-bond acceptors (Lipinski definition) is 7. The van der Waals surface area contributed by atoms with Crippen LogP contribution in [0.2, 0.25) is 0 Å². The van der Waals surface area contributed by atoms with Gasteiger partial charge < -0.3 is 10.1 Å². The summed E-state index contributed by atoms with van der Waals surface area (Å²) in [7, 11) is 0. The highest BCUT2D eigenvalue weighted by Gasteiger charge is 2.15. The molecule has 0 aliphatic heterocycles. The number of esters is 1. The number of nitro groups is 1. The van der Waals surface area contributed by atoms with Crippen LogP contribution in [0.15, 0.2) is 102 Å². The fourth-order valence-electron chi connectivity index (χ4n) is 3.61. The van der Waals surface area contributed by atoms with Crippen LogP contribution in [0.5, 0.6) is 5.75 Å². The van der Waals surface area contributed by atoms with E-state index >= 15 is 0 Å². The molecule has 0 spiro atoms. The lowest BCUT2D eigenvalue weighted by atomic mass is 10.1. The fourth-order valence-corrected chi connectivity index (χ4v) is 3.61. The lowest BCUT2D eigenvalue weighted by Crippen LogP contribution is -2.18. The first-order valence-electron chi connectivity index (χ1n) is 12.1. The third-order valence-corrected chi connectivity index (χ3v) is 5.70. The Balaban J connectivity index is 1.40. The Kier molecular flexibility index (Phi) is 8.73. The van der Waals surface area contributed by atoms with Crippen molar-refractivity contribution in [3.8, 4) is 5.75 Å². The summed E-state index contributed by atoms with van der Waals surface area (Å²) in [6.07, 6.45) is 1.37. The summed E-state index contributed by atoms with van der Waals surface area (Å²) in [5.74, 6) is -1.36. The van der Waals surface area contributed by atoms with Crippen molar-refractivity contribution in [3.05, 3.63) is 135 Å². The van der Waals surface area contributed by atoms with E-state index in [1.54, 1.807) is 36.4 Å². The van der Waals surface area contributed by atoms with Crippen LogP contribution in [0.25, 0.3) is 0 Å². The number of nitrogens with zero attached hydrogens (tertiary/aromatic N) is 2. The van der Waals surface area contributed by atoms with Crippen LogP contribution >= 0.6 is 0 Å². The van der Waals surface area contributed by atoms with Gasteiger partial charge in [-0.2, -0.15) is 5.10 Å². The molecule has 2 amide bonds. The van der Waals surface area contributed by atoms with E-state index in [0.29, 0.717) is 11.3 Å². The van der Waals surface area contributed by atoms with Gasteiger partial charge in [0.2, 0.25) is 5.91 Å². The maximum Gasteiger partial charge on any atom is 0.343 e. The molecule has 0 fully saturated rings. The number of nitrogens with one attached hydrogen (secondary N) is 2. The number of ether oxygens (including phenoxy) is 1. The zero-order valence-electron chi connectivity index (χ0n) is 21.4. The van der Waals surface area contributed by atoms with Crippen molar-refractivity contribution in [2.75, 3.05) is 5.32 Å². The Bertz CT molecular complexity index is 1570. The van der Waals surface area contributed by atoms with Crippen molar-refractivity contribution in [2.24, 2.45) is 5.10 Å². The maximum atomic E-state index is 12.6. The largest absolute Gasteiger partial charge is 0.422 e. The van der Waals surface area contributed by atoms with E-state index in [-0.39, 0.29) is 34.9 Å². The second-order valence-electron chi connectivity index (χ2n) is 8.72. The highest BCUT2D eigenvalue weighted by Crippen LogP contribution is 2.24. The molecule has 0 atom stereocenters. The minimum atomic E-state index is -0.650. The van der Waals surface area contributed by atoms with E-state index in [1.165, 1.54) is 30.3 Å². The van der Waals surface area contributed by atoms with Gasteiger partial charge in [0, 0.05) is 28.9 Å². The van der Waals surface area contributed by atoms with Crippen molar-refractivity contribution in [2.45, 2.75) is 13.3 Å². The Labute approximate surface area is 229 Å². The minimum Gasteiger partial charge on any atom is -0.422 e. The summed E-state index contributed by atoms with van der Waals surface area (Å²) >= 11 is 0. The van der Waals surface area contributed by atoms with Crippen molar-refractivity contribution in [1.29, 1.82) is 0 Å². The molecular formula is C30H24N4O6. The van der Waals surface area contributed by atoms with Crippen LogP contribution in [0, 0.1) is 17.0 Å². The molecule has 4 aromatic rings. The zero-order valence-corrected chi connectivity index (χ0v) is 21.4. The molecule has 10 nitrogen and oxygen atoms in total. The molecule has 0 saturated heterocycles. The molecule has 40 heavy (non-hydrogen) atoms. The normalized spacial score (nSPS) is 10.6. The van der Waals surface area contributed by atoms with Crippen LogP contribution in [0.4, 0.5) is 11.4 Å². The number of anilines is 1. The topological polar surface area (TPSA) is 140 Å². The van der Waals surface area contributed by atoms with E-state index in [0.717, 1.165) is 17.3 Å². The summed E-state index contributed by atoms with van der Waals surface area (Å²) in [4.78, 5) is 48.0. The van der Waals surface area contributed by atoms with Gasteiger partial charge in [-0.05, 0) is 55.0 Å². The number of aryl methyl sites for hydroxylation is 1. The van der Waals surface area contributed by atoms with Crippen LogP contribution < -0.4 is 15.5 Å². The van der Waals surface area contributed by atoms with Crippen molar-refractivity contribution >= 4 is 35.4 Å². The summed E-state index contributed by atoms with van der Waals surface area (Å²) in [5, 5.41) is 17.9. The van der Waals surface area contributed by atoms with Crippen LogP contribution in [-0.4, -0.2) is 28.9 Å². The summed E-state index contributed by atoms with van der Waals surface area (Å²) in [5.41, 5.74) is 5.16. The Hall–Kier alpha value is -5.64. The number of hydrazone groups is 1. The number of amides is 2. The molecule has 0 bridgehead atoms. The number of carbonyl (C=O) groups excluding carboxylic acids is 3. The van der Waals surface area contributed by atoms with Crippen LogP contribution in [-0.2, 0) is 11.2 Å². The van der Waals surface area contributed by atoms with Gasteiger partial charge in [0.15, 0.2) is 0 Å². The average Bonchev–Trinajstić information content (AvgIpc) is 2.95. The average molecular weight is 537 g/mol. The molecule has 0 radical (unpaired) electrons. The lowest BCUT2D eigenvalue weighted by molar-refractivity contribution is -0.384. The first kappa shape index (κ1) is 27.4. The molecule has 0 aliphatic rings.